The molecule has 3 heteroatoms. The van der Waals surface area contributed by atoms with Crippen LogP contribution in [0.5, 0.6) is 0 Å². The van der Waals surface area contributed by atoms with Crippen LogP contribution in [0.2, 0.25) is 0 Å². The molecule has 0 saturated heterocycles. The van der Waals surface area contributed by atoms with Crippen LogP contribution in [0.3, 0.4) is 0 Å². The van der Waals surface area contributed by atoms with Crippen LogP contribution in [0.25, 0.3) is 0 Å². The molecule has 0 aliphatic carbocycles. The Kier molecular flexibility index (Phi) is 16.7. The van der Waals surface area contributed by atoms with Crippen molar-refractivity contribution in [2.45, 2.75) is 91.0 Å². The van der Waals surface area contributed by atoms with E-state index in [4.69, 9.17) is 10.8 Å². The van der Waals surface area contributed by atoms with Crippen molar-refractivity contribution in [1.82, 2.24) is 0 Å². The first kappa shape index (κ1) is 26.6. The molecular weight excluding hydrogens is 346 g/mol. The molecule has 0 aliphatic rings. The fourth-order valence-electron chi connectivity index (χ4n) is 2.97. The Morgan fingerprint density at radius 1 is 0.893 bits per heavy atom. The van der Waals surface area contributed by atoms with Gasteiger partial charge in [0.15, 0.2) is 5.78 Å². The van der Waals surface area contributed by atoms with E-state index in [-0.39, 0.29) is 12.4 Å². The quantitative estimate of drug-likeness (QED) is 0.181. The predicted molar refractivity (Wildman–Crippen MR) is 122 cm³/mol. The molecule has 0 spiro atoms. The van der Waals surface area contributed by atoms with E-state index in [2.05, 4.69) is 32.9 Å². The highest BCUT2D eigenvalue weighted by atomic mass is 16.3. The molecule has 0 amide bonds. The van der Waals surface area contributed by atoms with E-state index in [9.17, 15) is 4.79 Å². The van der Waals surface area contributed by atoms with Crippen molar-refractivity contribution in [3.05, 3.63) is 48.6 Å². The normalized spacial score (nSPS) is 14.2. The highest BCUT2D eigenvalue weighted by Crippen LogP contribution is 2.29. The molecule has 0 aromatic rings. The maximum atomic E-state index is 11.3. The van der Waals surface area contributed by atoms with E-state index in [1.54, 1.807) is 12.2 Å². The minimum Gasteiger partial charge on any atom is -0.394 e. The molecule has 1 unspecified atom stereocenters. The topological polar surface area (TPSA) is 63.3 Å². The van der Waals surface area contributed by atoms with Crippen molar-refractivity contribution in [2.24, 2.45) is 11.1 Å². The molecule has 0 aliphatic heterocycles. The van der Waals surface area contributed by atoms with Gasteiger partial charge in [-0.25, -0.2) is 0 Å². The van der Waals surface area contributed by atoms with E-state index < -0.39 is 6.04 Å². The van der Waals surface area contributed by atoms with E-state index >= 15 is 0 Å². The van der Waals surface area contributed by atoms with Crippen molar-refractivity contribution >= 4 is 5.78 Å². The SMILES string of the molecule is CCCCC(C)(C)CCCCCCC\C=C/C=C/C=C\C=C\C(=O)C(N)CO. The van der Waals surface area contributed by atoms with Gasteiger partial charge in [0.2, 0.25) is 0 Å². The van der Waals surface area contributed by atoms with Crippen molar-refractivity contribution in [3.8, 4) is 0 Å². The zero-order valence-electron chi connectivity index (χ0n) is 18.4. The average Bonchev–Trinajstić information content (AvgIpc) is 2.68. The molecule has 0 bridgehead atoms. The van der Waals surface area contributed by atoms with E-state index in [1.165, 1.54) is 63.9 Å². The fraction of sp³-hybridized carbons (Fsp3) is 0.640. The summed E-state index contributed by atoms with van der Waals surface area (Å²) < 4.78 is 0. The van der Waals surface area contributed by atoms with Gasteiger partial charge in [0.1, 0.15) is 0 Å². The van der Waals surface area contributed by atoms with Crippen molar-refractivity contribution in [1.29, 1.82) is 0 Å². The Bertz CT molecular complexity index is 501. The summed E-state index contributed by atoms with van der Waals surface area (Å²) in [4.78, 5) is 11.3. The Labute approximate surface area is 173 Å². The lowest BCUT2D eigenvalue weighted by Gasteiger charge is -2.24. The van der Waals surface area contributed by atoms with E-state index in [0.717, 1.165) is 6.42 Å². The second-order valence-electron chi connectivity index (χ2n) is 8.32. The van der Waals surface area contributed by atoms with Crippen LogP contribution in [0.15, 0.2) is 48.6 Å². The summed E-state index contributed by atoms with van der Waals surface area (Å²) in [5, 5.41) is 8.76. The first-order valence-electron chi connectivity index (χ1n) is 11.0. The second kappa shape index (κ2) is 17.6. The van der Waals surface area contributed by atoms with Crippen LogP contribution < -0.4 is 5.73 Å². The minimum absolute atomic E-state index is 0.267. The number of hydrogen-bond acceptors (Lipinski definition) is 3. The van der Waals surface area contributed by atoms with Gasteiger partial charge in [0, 0.05) is 0 Å². The molecule has 0 rings (SSSR count). The molecular formula is C25H43NO2. The molecule has 0 aromatic heterocycles. The molecule has 3 nitrogen and oxygen atoms in total. The molecule has 1 atom stereocenters. The number of nitrogens with two attached hydrogens (primary N) is 1. The van der Waals surface area contributed by atoms with Gasteiger partial charge in [-0.15, -0.1) is 0 Å². The zero-order valence-corrected chi connectivity index (χ0v) is 18.4. The largest absolute Gasteiger partial charge is 0.394 e. The zero-order chi connectivity index (χ0) is 21.1. The average molecular weight is 390 g/mol. The summed E-state index contributed by atoms with van der Waals surface area (Å²) in [7, 11) is 0. The van der Waals surface area contributed by atoms with E-state index in [1.807, 2.05) is 18.2 Å². The first-order valence-corrected chi connectivity index (χ1v) is 11.0. The van der Waals surface area contributed by atoms with Gasteiger partial charge in [-0.3, -0.25) is 4.79 Å². The maximum absolute atomic E-state index is 11.3. The number of allylic oxidation sites excluding steroid dienone is 7. The lowest BCUT2D eigenvalue weighted by molar-refractivity contribution is -0.116. The maximum Gasteiger partial charge on any atom is 0.174 e. The summed E-state index contributed by atoms with van der Waals surface area (Å²) in [5.41, 5.74) is 5.93. The smallest absolute Gasteiger partial charge is 0.174 e. The molecule has 160 valence electrons. The third-order valence-electron chi connectivity index (χ3n) is 4.95. The molecule has 28 heavy (non-hydrogen) atoms. The molecule has 0 radical (unpaired) electrons. The highest BCUT2D eigenvalue weighted by molar-refractivity contribution is 5.94. The summed E-state index contributed by atoms with van der Waals surface area (Å²) >= 11 is 0. The minimum atomic E-state index is -0.819. The Morgan fingerprint density at radius 2 is 1.46 bits per heavy atom. The molecule has 0 saturated carbocycles. The molecule has 0 aromatic carbocycles. The van der Waals surface area contributed by atoms with Crippen molar-refractivity contribution < 1.29 is 9.90 Å². The Morgan fingerprint density at radius 3 is 2.14 bits per heavy atom. The summed E-state index contributed by atoms with van der Waals surface area (Å²) in [6, 6.07) is -0.819. The second-order valence-corrected chi connectivity index (χ2v) is 8.32. The van der Waals surface area contributed by atoms with Crippen LogP contribution in [0.4, 0.5) is 0 Å². The Balaban J connectivity index is 3.65. The number of aliphatic hydroxyl groups excluding tert-OH is 1. The lowest BCUT2D eigenvalue weighted by atomic mass is 9.82. The number of aliphatic hydroxyl groups is 1. The highest BCUT2D eigenvalue weighted by Gasteiger charge is 2.15. The fourth-order valence-corrected chi connectivity index (χ4v) is 2.97. The van der Waals surface area contributed by atoms with Crippen LogP contribution in [0, 0.1) is 5.41 Å². The summed E-state index contributed by atoms with van der Waals surface area (Å²) in [6.45, 7) is 6.78. The van der Waals surface area contributed by atoms with Crippen LogP contribution in [-0.4, -0.2) is 23.5 Å². The van der Waals surface area contributed by atoms with Gasteiger partial charge in [-0.1, -0.05) is 102 Å². The van der Waals surface area contributed by atoms with Crippen LogP contribution in [-0.2, 0) is 4.79 Å². The molecule has 0 heterocycles. The molecule has 3 N–H and O–H groups in total. The van der Waals surface area contributed by atoms with E-state index in [0.29, 0.717) is 5.41 Å². The number of hydrogen-bond donors (Lipinski definition) is 2. The Hall–Kier alpha value is -1.45. The van der Waals surface area contributed by atoms with Gasteiger partial charge in [0.05, 0.1) is 12.6 Å². The third-order valence-corrected chi connectivity index (χ3v) is 4.95. The van der Waals surface area contributed by atoms with Crippen LogP contribution in [0.1, 0.15) is 85.0 Å². The van der Waals surface area contributed by atoms with Gasteiger partial charge in [0.25, 0.3) is 0 Å². The van der Waals surface area contributed by atoms with Crippen molar-refractivity contribution in [3.63, 3.8) is 0 Å². The lowest BCUT2D eigenvalue weighted by Crippen LogP contribution is -2.32. The summed E-state index contributed by atoms with van der Waals surface area (Å²) in [6.07, 6.45) is 28.0. The predicted octanol–water partition coefficient (Wildman–Crippen LogP) is 6.05. The van der Waals surface area contributed by atoms with Gasteiger partial charge >= 0.3 is 0 Å². The number of carbonyl (C=O) groups is 1. The number of rotatable bonds is 17. The third kappa shape index (κ3) is 16.7. The number of carbonyl (C=O) groups excluding carboxylic acids is 1. The van der Waals surface area contributed by atoms with Gasteiger partial charge in [-0.2, -0.15) is 0 Å². The summed E-state index contributed by atoms with van der Waals surface area (Å²) in [5.74, 6) is -0.267. The van der Waals surface area contributed by atoms with Crippen LogP contribution >= 0.6 is 0 Å². The standard InChI is InChI=1S/C25H43NO2/c1-4-5-20-25(2,3)21-18-16-14-12-10-8-6-7-9-11-13-15-17-19-24(28)23(26)22-27/h6-7,9,11,13,15,17,19,23,27H,4-5,8,10,12,14,16,18,20-22,26H2,1-3H3/b7-6-,11-9+,15-13-,19-17+. The number of unbranched alkanes of at least 4 members (excludes halogenated alkanes) is 6. The monoisotopic (exact) mass is 389 g/mol. The van der Waals surface area contributed by atoms with Gasteiger partial charge in [-0.05, 0) is 37.2 Å². The van der Waals surface area contributed by atoms with Gasteiger partial charge < -0.3 is 10.8 Å². The van der Waals surface area contributed by atoms with Crippen molar-refractivity contribution in [2.75, 3.05) is 6.61 Å². The molecule has 0 fully saturated rings. The first-order chi connectivity index (χ1) is 13.4. The number of ketones is 1.